The lowest BCUT2D eigenvalue weighted by Crippen LogP contribution is -2.24. The Morgan fingerprint density at radius 3 is 2.70 bits per heavy atom. The maximum absolute atomic E-state index is 12.6. The van der Waals surface area contributed by atoms with Gasteiger partial charge in [0.25, 0.3) is 5.91 Å². The molecular formula is C18H22N4O. The van der Waals surface area contributed by atoms with Crippen LogP contribution in [0.1, 0.15) is 42.5 Å². The number of nitrogens with two attached hydrogens (primary N) is 1. The van der Waals surface area contributed by atoms with Crippen LogP contribution in [-0.4, -0.2) is 16.9 Å². The van der Waals surface area contributed by atoms with Crippen molar-refractivity contribution >= 4 is 23.1 Å². The lowest BCUT2D eigenvalue weighted by Gasteiger charge is -2.25. The molecule has 1 aromatic heterocycles. The van der Waals surface area contributed by atoms with Crippen molar-refractivity contribution in [2.45, 2.75) is 38.1 Å². The summed E-state index contributed by atoms with van der Waals surface area (Å²) in [5.74, 6) is 0.331. The molecule has 5 heteroatoms. The maximum Gasteiger partial charge on any atom is 0.258 e. The Labute approximate surface area is 136 Å². The van der Waals surface area contributed by atoms with Crippen molar-refractivity contribution < 1.29 is 4.79 Å². The van der Waals surface area contributed by atoms with Gasteiger partial charge in [0.05, 0.1) is 5.56 Å². The molecule has 2 aromatic rings. The summed E-state index contributed by atoms with van der Waals surface area (Å²) < 4.78 is 0. The predicted molar refractivity (Wildman–Crippen MR) is 93.5 cm³/mol. The van der Waals surface area contributed by atoms with E-state index in [1.807, 2.05) is 24.3 Å². The number of aromatic nitrogens is 1. The molecule has 4 N–H and O–H groups in total. The molecule has 1 heterocycles. The van der Waals surface area contributed by atoms with Crippen LogP contribution < -0.4 is 16.4 Å². The number of carbonyl (C=O) groups is 1. The third-order valence-electron chi connectivity index (χ3n) is 4.16. The average Bonchev–Trinajstić information content (AvgIpc) is 2.58. The minimum atomic E-state index is -0.200. The van der Waals surface area contributed by atoms with Crippen molar-refractivity contribution in [3.63, 3.8) is 0 Å². The lowest BCUT2D eigenvalue weighted by atomic mass is 9.95. The second-order valence-electron chi connectivity index (χ2n) is 5.95. The fraction of sp³-hybridized carbons (Fsp3) is 0.333. The second kappa shape index (κ2) is 7.13. The molecule has 0 atom stereocenters. The van der Waals surface area contributed by atoms with E-state index in [1.54, 1.807) is 18.3 Å². The van der Waals surface area contributed by atoms with E-state index in [9.17, 15) is 4.79 Å². The fourth-order valence-electron chi connectivity index (χ4n) is 2.96. The molecule has 1 aliphatic carbocycles. The molecule has 0 spiro atoms. The van der Waals surface area contributed by atoms with Crippen molar-refractivity contribution in [3.8, 4) is 0 Å². The number of amides is 1. The SMILES string of the molecule is Nc1ccc(NC2CCCCC2)c(C(=O)Nc2ccccn2)c1. The summed E-state index contributed by atoms with van der Waals surface area (Å²) in [6, 6.07) is 11.3. The van der Waals surface area contributed by atoms with Crippen molar-refractivity contribution in [1.82, 2.24) is 4.98 Å². The summed E-state index contributed by atoms with van der Waals surface area (Å²) in [5.41, 5.74) is 7.83. The first-order chi connectivity index (χ1) is 11.2. The van der Waals surface area contributed by atoms with Gasteiger partial charge in [0.2, 0.25) is 0 Å². The molecule has 5 nitrogen and oxygen atoms in total. The summed E-state index contributed by atoms with van der Waals surface area (Å²) in [4.78, 5) is 16.7. The molecule has 0 unspecified atom stereocenters. The van der Waals surface area contributed by atoms with Crippen molar-refractivity contribution in [1.29, 1.82) is 0 Å². The summed E-state index contributed by atoms with van der Waals surface area (Å²) in [6.07, 6.45) is 7.71. The smallest absolute Gasteiger partial charge is 0.258 e. The van der Waals surface area contributed by atoms with Crippen LogP contribution in [0.5, 0.6) is 0 Å². The highest BCUT2D eigenvalue weighted by Crippen LogP contribution is 2.25. The Kier molecular flexibility index (Phi) is 4.76. The fourth-order valence-corrected chi connectivity index (χ4v) is 2.96. The maximum atomic E-state index is 12.6. The Balaban J connectivity index is 1.79. The van der Waals surface area contributed by atoms with Crippen molar-refractivity contribution in [2.75, 3.05) is 16.4 Å². The molecule has 0 saturated heterocycles. The minimum absolute atomic E-state index is 0.200. The average molecular weight is 310 g/mol. The van der Waals surface area contributed by atoms with Crippen LogP contribution in [0.2, 0.25) is 0 Å². The summed E-state index contributed by atoms with van der Waals surface area (Å²) in [5, 5.41) is 6.32. The first-order valence-electron chi connectivity index (χ1n) is 8.11. The summed E-state index contributed by atoms with van der Waals surface area (Å²) in [6.45, 7) is 0. The number of hydrogen-bond donors (Lipinski definition) is 3. The van der Waals surface area contributed by atoms with E-state index in [0.29, 0.717) is 23.1 Å². The number of benzene rings is 1. The highest BCUT2D eigenvalue weighted by atomic mass is 16.1. The van der Waals surface area contributed by atoms with Crippen LogP contribution in [0.15, 0.2) is 42.6 Å². The predicted octanol–water partition coefficient (Wildman–Crippen LogP) is 3.66. The molecule has 3 rings (SSSR count). The molecule has 1 aliphatic rings. The van der Waals surface area contributed by atoms with Gasteiger partial charge in [-0.25, -0.2) is 4.98 Å². The highest BCUT2D eigenvalue weighted by molar-refractivity contribution is 6.08. The Hall–Kier alpha value is -2.56. The summed E-state index contributed by atoms with van der Waals surface area (Å²) >= 11 is 0. The van der Waals surface area contributed by atoms with Gasteiger partial charge in [-0.15, -0.1) is 0 Å². The summed E-state index contributed by atoms with van der Waals surface area (Å²) in [7, 11) is 0. The van der Waals surface area contributed by atoms with Crippen LogP contribution in [0, 0.1) is 0 Å². The van der Waals surface area contributed by atoms with Crippen molar-refractivity contribution in [3.05, 3.63) is 48.2 Å². The van der Waals surface area contributed by atoms with Gasteiger partial charge in [0, 0.05) is 23.6 Å². The standard InChI is InChI=1S/C18H22N4O/c19-13-9-10-16(21-14-6-2-1-3-7-14)15(12-13)18(23)22-17-8-4-5-11-20-17/h4-5,8-12,14,21H,1-3,6-7,19H2,(H,20,22,23). The highest BCUT2D eigenvalue weighted by Gasteiger charge is 2.18. The minimum Gasteiger partial charge on any atom is -0.399 e. The van der Waals surface area contributed by atoms with Crippen LogP contribution in [0.3, 0.4) is 0 Å². The number of carbonyl (C=O) groups excluding carboxylic acids is 1. The van der Waals surface area contributed by atoms with Gasteiger partial charge in [-0.2, -0.15) is 0 Å². The Bertz CT molecular complexity index is 666. The zero-order valence-corrected chi connectivity index (χ0v) is 13.1. The van der Waals surface area contributed by atoms with Gasteiger partial charge >= 0.3 is 0 Å². The van der Waals surface area contributed by atoms with Crippen LogP contribution in [0.25, 0.3) is 0 Å². The molecular weight excluding hydrogens is 288 g/mol. The molecule has 0 bridgehead atoms. The van der Waals surface area contributed by atoms with Crippen LogP contribution in [-0.2, 0) is 0 Å². The molecule has 23 heavy (non-hydrogen) atoms. The first-order valence-corrected chi connectivity index (χ1v) is 8.11. The Morgan fingerprint density at radius 2 is 1.96 bits per heavy atom. The molecule has 1 fully saturated rings. The molecule has 1 aromatic carbocycles. The van der Waals surface area contributed by atoms with Crippen molar-refractivity contribution in [2.24, 2.45) is 0 Å². The van der Waals surface area contributed by atoms with E-state index in [1.165, 1.54) is 19.3 Å². The number of nitrogens with one attached hydrogen (secondary N) is 2. The van der Waals surface area contributed by atoms with Gasteiger partial charge in [0.15, 0.2) is 0 Å². The van der Waals surface area contributed by atoms with Gasteiger partial charge in [-0.05, 0) is 43.2 Å². The van der Waals surface area contributed by atoms with Gasteiger partial charge in [-0.3, -0.25) is 4.79 Å². The first kappa shape index (κ1) is 15.3. The van der Waals surface area contributed by atoms with Crippen LogP contribution in [0.4, 0.5) is 17.2 Å². The third kappa shape index (κ3) is 4.00. The molecule has 120 valence electrons. The number of rotatable bonds is 4. The van der Waals surface area contributed by atoms with E-state index >= 15 is 0 Å². The van der Waals surface area contributed by atoms with Gasteiger partial charge in [-0.1, -0.05) is 25.3 Å². The molecule has 0 aliphatic heterocycles. The van der Waals surface area contributed by atoms with E-state index < -0.39 is 0 Å². The number of hydrogen-bond acceptors (Lipinski definition) is 4. The zero-order chi connectivity index (χ0) is 16.1. The van der Waals surface area contributed by atoms with E-state index in [4.69, 9.17) is 5.73 Å². The monoisotopic (exact) mass is 310 g/mol. The zero-order valence-electron chi connectivity index (χ0n) is 13.1. The normalized spacial score (nSPS) is 15.1. The van der Waals surface area contributed by atoms with Gasteiger partial charge in [0.1, 0.15) is 5.82 Å². The Morgan fingerprint density at radius 1 is 1.13 bits per heavy atom. The number of nitrogen functional groups attached to an aromatic ring is 1. The van der Waals surface area contributed by atoms with E-state index in [2.05, 4.69) is 15.6 Å². The van der Waals surface area contributed by atoms with E-state index in [-0.39, 0.29) is 5.91 Å². The lowest BCUT2D eigenvalue weighted by molar-refractivity contribution is 0.102. The third-order valence-corrected chi connectivity index (χ3v) is 4.16. The van der Waals surface area contributed by atoms with Gasteiger partial charge < -0.3 is 16.4 Å². The molecule has 1 saturated carbocycles. The number of nitrogens with zero attached hydrogens (tertiary/aromatic N) is 1. The topological polar surface area (TPSA) is 80.0 Å². The molecule has 0 radical (unpaired) electrons. The van der Waals surface area contributed by atoms with Crippen LogP contribution >= 0.6 is 0 Å². The number of pyridine rings is 1. The number of anilines is 3. The largest absolute Gasteiger partial charge is 0.399 e. The molecule has 1 amide bonds. The van der Waals surface area contributed by atoms with E-state index in [0.717, 1.165) is 18.5 Å². The second-order valence-corrected chi connectivity index (χ2v) is 5.95. The quantitative estimate of drug-likeness (QED) is 0.753.